The molecule has 5 nitrogen and oxygen atoms in total. The summed E-state index contributed by atoms with van der Waals surface area (Å²) in [5, 5.41) is 8.50. The minimum atomic E-state index is -1.01. The first kappa shape index (κ1) is 11.3. The van der Waals surface area contributed by atoms with Crippen LogP contribution in [0.15, 0.2) is 0 Å². The molecule has 0 aromatic carbocycles. The van der Waals surface area contributed by atoms with E-state index in [1.807, 2.05) is 0 Å². The first-order valence-corrected chi connectivity index (χ1v) is 5.49. The number of carboxylic acids is 1. The van der Waals surface area contributed by atoms with Crippen molar-refractivity contribution in [3.63, 3.8) is 0 Å². The molecule has 1 fully saturated rings. The number of ether oxygens (including phenoxy) is 1. The molecule has 1 aliphatic heterocycles. The topological polar surface area (TPSA) is 89.6 Å². The molecule has 1 heterocycles. The van der Waals surface area contributed by atoms with Gasteiger partial charge in [-0.05, 0) is 6.42 Å². The van der Waals surface area contributed by atoms with Crippen LogP contribution >= 0.6 is 11.8 Å². The summed E-state index contributed by atoms with van der Waals surface area (Å²) in [7, 11) is 0. The summed E-state index contributed by atoms with van der Waals surface area (Å²) in [4.78, 5) is 21.4. The van der Waals surface area contributed by atoms with Gasteiger partial charge in [-0.2, -0.15) is 11.8 Å². The fourth-order valence-electron chi connectivity index (χ4n) is 1.10. The maximum atomic E-state index is 11.0. The van der Waals surface area contributed by atoms with Crippen LogP contribution < -0.4 is 5.73 Å². The zero-order valence-electron chi connectivity index (χ0n) is 7.64. The second-order valence-electron chi connectivity index (χ2n) is 3.14. The summed E-state index contributed by atoms with van der Waals surface area (Å²) in [5.74, 6) is -0.340. The summed E-state index contributed by atoms with van der Waals surface area (Å²) >= 11 is 1.38. The number of carbonyl (C=O) groups is 2. The standard InChI is InChI=1S/C8H13NO4S/c9-6(7(10)11)4-14-3-5-1-2-13-8(5)12/h5-6H,1-4,9H2,(H,10,11)/t5?,6-/m0/s1. The fourth-order valence-corrected chi connectivity index (χ4v) is 2.22. The molecule has 14 heavy (non-hydrogen) atoms. The molecule has 1 aliphatic rings. The van der Waals surface area contributed by atoms with Crippen molar-refractivity contribution >= 4 is 23.7 Å². The number of hydrogen-bond acceptors (Lipinski definition) is 5. The summed E-state index contributed by atoms with van der Waals surface area (Å²) < 4.78 is 4.77. The lowest BCUT2D eigenvalue weighted by molar-refractivity contribution is -0.140. The van der Waals surface area contributed by atoms with Gasteiger partial charge >= 0.3 is 11.9 Å². The lowest BCUT2D eigenvalue weighted by Crippen LogP contribution is -2.32. The van der Waals surface area contributed by atoms with Crippen LogP contribution in [0.1, 0.15) is 6.42 Å². The Morgan fingerprint density at radius 2 is 2.50 bits per heavy atom. The quantitative estimate of drug-likeness (QED) is 0.617. The van der Waals surface area contributed by atoms with E-state index in [2.05, 4.69) is 0 Å². The van der Waals surface area contributed by atoms with E-state index in [4.69, 9.17) is 15.6 Å². The molecule has 0 radical (unpaired) electrons. The van der Waals surface area contributed by atoms with Crippen molar-refractivity contribution < 1.29 is 19.4 Å². The van der Waals surface area contributed by atoms with Crippen molar-refractivity contribution in [3.8, 4) is 0 Å². The van der Waals surface area contributed by atoms with Crippen molar-refractivity contribution in [3.05, 3.63) is 0 Å². The first-order valence-electron chi connectivity index (χ1n) is 4.34. The molecular formula is C8H13NO4S. The number of cyclic esters (lactones) is 1. The lowest BCUT2D eigenvalue weighted by Gasteiger charge is -2.07. The van der Waals surface area contributed by atoms with Crippen molar-refractivity contribution in [2.24, 2.45) is 11.7 Å². The van der Waals surface area contributed by atoms with Gasteiger partial charge in [-0.15, -0.1) is 0 Å². The SMILES string of the molecule is N[C@@H](CSCC1CCOC1=O)C(=O)O. The van der Waals surface area contributed by atoms with Crippen molar-refractivity contribution in [2.75, 3.05) is 18.1 Å². The predicted octanol–water partition coefficient (Wildman–Crippen LogP) is -0.305. The first-order chi connectivity index (χ1) is 6.61. The number of rotatable bonds is 5. The van der Waals surface area contributed by atoms with Gasteiger partial charge in [0.25, 0.3) is 0 Å². The van der Waals surface area contributed by atoms with Gasteiger partial charge in [0.1, 0.15) is 6.04 Å². The molecule has 1 saturated heterocycles. The monoisotopic (exact) mass is 219 g/mol. The zero-order valence-corrected chi connectivity index (χ0v) is 8.46. The Morgan fingerprint density at radius 3 is 3.00 bits per heavy atom. The van der Waals surface area contributed by atoms with Crippen LogP contribution in [0.2, 0.25) is 0 Å². The van der Waals surface area contributed by atoms with Gasteiger partial charge in [-0.25, -0.2) is 0 Å². The molecule has 0 aromatic rings. The molecule has 0 amide bonds. The summed E-state index contributed by atoms with van der Waals surface area (Å²) in [6, 6.07) is -0.850. The highest BCUT2D eigenvalue weighted by Gasteiger charge is 2.26. The van der Waals surface area contributed by atoms with E-state index < -0.39 is 12.0 Å². The Kier molecular flexibility index (Phi) is 4.21. The Labute approximate surface area is 86.0 Å². The number of esters is 1. The van der Waals surface area contributed by atoms with Gasteiger partial charge in [0, 0.05) is 11.5 Å². The van der Waals surface area contributed by atoms with Crippen LogP contribution in [0.5, 0.6) is 0 Å². The third kappa shape index (κ3) is 3.19. The molecule has 1 rings (SSSR count). The van der Waals surface area contributed by atoms with Crippen molar-refractivity contribution in [1.29, 1.82) is 0 Å². The molecule has 0 spiro atoms. The van der Waals surface area contributed by atoms with Gasteiger partial charge < -0.3 is 15.6 Å². The van der Waals surface area contributed by atoms with Gasteiger partial charge in [-0.1, -0.05) is 0 Å². The predicted molar refractivity (Wildman–Crippen MR) is 52.0 cm³/mol. The molecule has 0 bridgehead atoms. The fraction of sp³-hybridized carbons (Fsp3) is 0.750. The molecule has 80 valence electrons. The molecule has 1 unspecified atom stereocenters. The van der Waals surface area contributed by atoms with E-state index >= 15 is 0 Å². The Balaban J connectivity index is 2.15. The number of aliphatic carboxylic acids is 1. The van der Waals surface area contributed by atoms with Crippen LogP contribution in [0, 0.1) is 5.92 Å². The van der Waals surface area contributed by atoms with Gasteiger partial charge in [0.05, 0.1) is 12.5 Å². The lowest BCUT2D eigenvalue weighted by atomic mass is 10.1. The molecule has 3 N–H and O–H groups in total. The average Bonchev–Trinajstić information content (AvgIpc) is 2.51. The molecular weight excluding hydrogens is 206 g/mol. The minimum absolute atomic E-state index is 0.0824. The van der Waals surface area contributed by atoms with Crippen molar-refractivity contribution in [2.45, 2.75) is 12.5 Å². The van der Waals surface area contributed by atoms with Crippen LogP contribution in [-0.2, 0) is 14.3 Å². The van der Waals surface area contributed by atoms with E-state index in [1.165, 1.54) is 11.8 Å². The van der Waals surface area contributed by atoms with Crippen LogP contribution in [0.4, 0.5) is 0 Å². The number of nitrogens with two attached hydrogens (primary N) is 1. The number of carbonyl (C=O) groups excluding carboxylic acids is 1. The van der Waals surface area contributed by atoms with E-state index in [0.29, 0.717) is 18.1 Å². The van der Waals surface area contributed by atoms with E-state index in [0.717, 1.165) is 6.42 Å². The largest absolute Gasteiger partial charge is 0.480 e. The number of thioether (sulfide) groups is 1. The average molecular weight is 219 g/mol. The molecule has 6 heteroatoms. The van der Waals surface area contributed by atoms with E-state index in [-0.39, 0.29) is 11.9 Å². The Hall–Kier alpha value is -0.750. The second kappa shape index (κ2) is 5.21. The third-order valence-corrected chi connectivity index (χ3v) is 3.21. The summed E-state index contributed by atoms with van der Waals surface area (Å²) in [6.07, 6.45) is 0.730. The number of hydrogen-bond donors (Lipinski definition) is 2. The molecule has 2 atom stereocenters. The third-order valence-electron chi connectivity index (χ3n) is 1.98. The van der Waals surface area contributed by atoms with E-state index in [1.54, 1.807) is 0 Å². The zero-order chi connectivity index (χ0) is 10.6. The summed E-state index contributed by atoms with van der Waals surface area (Å²) in [6.45, 7) is 0.481. The summed E-state index contributed by atoms with van der Waals surface area (Å²) in [5.41, 5.74) is 5.30. The smallest absolute Gasteiger partial charge is 0.321 e. The van der Waals surface area contributed by atoms with Crippen LogP contribution in [0.3, 0.4) is 0 Å². The second-order valence-corrected chi connectivity index (χ2v) is 4.21. The highest BCUT2D eigenvalue weighted by molar-refractivity contribution is 7.99. The van der Waals surface area contributed by atoms with Crippen LogP contribution in [0.25, 0.3) is 0 Å². The normalized spacial score (nSPS) is 23.2. The van der Waals surface area contributed by atoms with Crippen molar-refractivity contribution in [1.82, 2.24) is 0 Å². The maximum absolute atomic E-state index is 11.0. The maximum Gasteiger partial charge on any atom is 0.321 e. The molecule has 0 saturated carbocycles. The minimum Gasteiger partial charge on any atom is -0.480 e. The number of carboxylic acid groups (broad SMARTS) is 1. The van der Waals surface area contributed by atoms with Gasteiger partial charge in [0.15, 0.2) is 0 Å². The molecule has 0 aliphatic carbocycles. The van der Waals surface area contributed by atoms with E-state index in [9.17, 15) is 9.59 Å². The van der Waals surface area contributed by atoms with Crippen LogP contribution in [-0.4, -0.2) is 41.2 Å². The highest BCUT2D eigenvalue weighted by atomic mass is 32.2. The van der Waals surface area contributed by atoms with Gasteiger partial charge in [-0.3, -0.25) is 9.59 Å². The highest BCUT2D eigenvalue weighted by Crippen LogP contribution is 2.19. The Bertz CT molecular complexity index is 233. The molecule has 0 aromatic heterocycles. The van der Waals surface area contributed by atoms with Gasteiger partial charge in [0.2, 0.25) is 0 Å². The Morgan fingerprint density at radius 1 is 1.79 bits per heavy atom.